The third-order valence-electron chi connectivity index (χ3n) is 3.60. The van der Waals surface area contributed by atoms with E-state index in [1.165, 1.54) is 12.1 Å². The van der Waals surface area contributed by atoms with Crippen LogP contribution in [0.2, 0.25) is 0 Å². The number of halogens is 2. The lowest BCUT2D eigenvalue weighted by atomic mass is 10.1. The van der Waals surface area contributed by atoms with Gasteiger partial charge in [-0.25, -0.2) is 8.78 Å². The molecule has 1 aliphatic rings. The van der Waals surface area contributed by atoms with Gasteiger partial charge < -0.3 is 4.98 Å². The summed E-state index contributed by atoms with van der Waals surface area (Å²) >= 11 is 4.96. The van der Waals surface area contributed by atoms with Gasteiger partial charge in [-0.2, -0.15) is 0 Å². The molecule has 0 spiro atoms. The Bertz CT molecular complexity index is 800. The molecule has 0 bridgehead atoms. The molecular formula is C14H13F2N3OS. The topological polar surface area (TPSA) is 51.9 Å². The third kappa shape index (κ3) is 2.93. The summed E-state index contributed by atoms with van der Waals surface area (Å²) in [7, 11) is 0. The first-order chi connectivity index (χ1) is 10.0. The molecule has 2 N–H and O–H groups in total. The molecule has 4 nitrogen and oxygen atoms in total. The van der Waals surface area contributed by atoms with E-state index in [0.29, 0.717) is 37.2 Å². The minimum Gasteiger partial charge on any atom is -0.334 e. The van der Waals surface area contributed by atoms with E-state index in [-0.39, 0.29) is 10.3 Å². The SMILES string of the molecule is O=c1[nH]c(=S)[nH]c2c1CCN(Cc1ccc(F)cc1F)C2. The lowest BCUT2D eigenvalue weighted by Crippen LogP contribution is -2.35. The Labute approximate surface area is 124 Å². The molecule has 2 aromatic rings. The number of nitrogens with one attached hydrogen (secondary N) is 2. The summed E-state index contributed by atoms with van der Waals surface area (Å²) in [5.74, 6) is -1.14. The van der Waals surface area contributed by atoms with Crippen LogP contribution < -0.4 is 5.56 Å². The number of rotatable bonds is 2. The van der Waals surface area contributed by atoms with E-state index in [4.69, 9.17) is 12.2 Å². The van der Waals surface area contributed by atoms with Gasteiger partial charge >= 0.3 is 0 Å². The number of H-pyrrole nitrogens is 2. The zero-order valence-electron chi connectivity index (χ0n) is 11.1. The van der Waals surface area contributed by atoms with Gasteiger partial charge in [0.15, 0.2) is 4.77 Å². The molecular weight excluding hydrogens is 296 g/mol. The van der Waals surface area contributed by atoms with Crippen LogP contribution in [0.3, 0.4) is 0 Å². The van der Waals surface area contributed by atoms with Crippen LogP contribution >= 0.6 is 12.2 Å². The lowest BCUT2D eigenvalue weighted by Gasteiger charge is -2.27. The number of aromatic nitrogens is 2. The number of hydrogen-bond acceptors (Lipinski definition) is 3. The van der Waals surface area contributed by atoms with Gasteiger partial charge in [0.1, 0.15) is 11.6 Å². The van der Waals surface area contributed by atoms with Crippen molar-refractivity contribution in [1.82, 2.24) is 14.9 Å². The van der Waals surface area contributed by atoms with Crippen LogP contribution in [-0.2, 0) is 19.5 Å². The molecule has 1 aliphatic heterocycles. The van der Waals surface area contributed by atoms with Crippen molar-refractivity contribution in [2.75, 3.05) is 6.54 Å². The Morgan fingerprint density at radius 3 is 2.86 bits per heavy atom. The third-order valence-corrected chi connectivity index (χ3v) is 3.80. The van der Waals surface area contributed by atoms with Crippen molar-refractivity contribution in [3.63, 3.8) is 0 Å². The zero-order chi connectivity index (χ0) is 15.0. The van der Waals surface area contributed by atoms with Gasteiger partial charge in [0.25, 0.3) is 5.56 Å². The number of hydrogen-bond donors (Lipinski definition) is 2. The summed E-state index contributed by atoms with van der Waals surface area (Å²) in [6.45, 7) is 1.48. The van der Waals surface area contributed by atoms with E-state index in [1.807, 2.05) is 4.90 Å². The second kappa shape index (κ2) is 5.50. The molecule has 0 saturated heterocycles. The molecule has 110 valence electrons. The average Bonchev–Trinajstić information content (AvgIpc) is 2.41. The summed E-state index contributed by atoms with van der Waals surface area (Å²) in [4.78, 5) is 19.3. The molecule has 0 amide bonds. The molecule has 0 unspecified atom stereocenters. The van der Waals surface area contributed by atoms with Gasteiger partial charge in [-0.05, 0) is 24.7 Å². The Morgan fingerprint density at radius 1 is 1.29 bits per heavy atom. The van der Waals surface area contributed by atoms with Crippen molar-refractivity contribution in [3.05, 3.63) is 61.8 Å². The smallest absolute Gasteiger partial charge is 0.255 e. The van der Waals surface area contributed by atoms with Crippen molar-refractivity contribution < 1.29 is 8.78 Å². The van der Waals surface area contributed by atoms with Gasteiger partial charge in [0, 0.05) is 42.5 Å². The van der Waals surface area contributed by atoms with Crippen LogP contribution in [0, 0.1) is 16.4 Å². The van der Waals surface area contributed by atoms with Crippen molar-refractivity contribution in [1.29, 1.82) is 0 Å². The quantitative estimate of drug-likeness (QED) is 0.837. The molecule has 0 aliphatic carbocycles. The van der Waals surface area contributed by atoms with E-state index >= 15 is 0 Å². The van der Waals surface area contributed by atoms with Gasteiger partial charge in [-0.15, -0.1) is 0 Å². The summed E-state index contributed by atoms with van der Waals surface area (Å²) in [5, 5.41) is 0. The predicted octanol–water partition coefficient (Wildman–Crippen LogP) is 2.27. The van der Waals surface area contributed by atoms with E-state index in [2.05, 4.69) is 9.97 Å². The fraction of sp³-hybridized carbons (Fsp3) is 0.286. The minimum atomic E-state index is -0.587. The average molecular weight is 309 g/mol. The van der Waals surface area contributed by atoms with E-state index < -0.39 is 11.6 Å². The molecule has 1 aromatic heterocycles. The fourth-order valence-corrected chi connectivity index (χ4v) is 2.77. The van der Waals surface area contributed by atoms with Crippen molar-refractivity contribution in [2.24, 2.45) is 0 Å². The highest BCUT2D eigenvalue weighted by Crippen LogP contribution is 2.18. The molecule has 3 rings (SSSR count). The largest absolute Gasteiger partial charge is 0.334 e. The summed E-state index contributed by atoms with van der Waals surface area (Å²) in [5.41, 5.74) is 1.72. The van der Waals surface area contributed by atoms with E-state index in [1.54, 1.807) is 0 Å². The summed E-state index contributed by atoms with van der Waals surface area (Å²) < 4.78 is 26.9. The monoisotopic (exact) mass is 309 g/mol. The molecule has 2 heterocycles. The van der Waals surface area contributed by atoms with Crippen molar-refractivity contribution >= 4 is 12.2 Å². The van der Waals surface area contributed by atoms with E-state index in [9.17, 15) is 13.6 Å². The van der Waals surface area contributed by atoms with Gasteiger partial charge in [0.05, 0.1) is 0 Å². The van der Waals surface area contributed by atoms with Crippen molar-refractivity contribution in [2.45, 2.75) is 19.5 Å². The highest BCUT2D eigenvalue weighted by atomic mass is 32.1. The van der Waals surface area contributed by atoms with Gasteiger partial charge in [-0.3, -0.25) is 14.7 Å². The number of aromatic amines is 2. The Hall–Kier alpha value is -1.86. The van der Waals surface area contributed by atoms with Gasteiger partial charge in [0.2, 0.25) is 0 Å². The maximum Gasteiger partial charge on any atom is 0.255 e. The molecule has 0 saturated carbocycles. The molecule has 7 heteroatoms. The van der Waals surface area contributed by atoms with Crippen LogP contribution in [0.5, 0.6) is 0 Å². The molecule has 1 aromatic carbocycles. The Morgan fingerprint density at radius 2 is 2.10 bits per heavy atom. The first-order valence-electron chi connectivity index (χ1n) is 6.53. The maximum atomic E-state index is 13.7. The Kier molecular flexibility index (Phi) is 3.69. The molecule has 0 radical (unpaired) electrons. The lowest BCUT2D eigenvalue weighted by molar-refractivity contribution is 0.237. The first kappa shape index (κ1) is 14.1. The standard InChI is InChI=1S/C14H13F2N3OS/c15-9-2-1-8(11(16)5-9)6-19-4-3-10-12(7-19)17-14(21)18-13(10)20/h1-2,5H,3-4,6-7H2,(H2,17,18,20,21). The number of nitrogens with zero attached hydrogens (tertiary/aromatic N) is 1. The predicted molar refractivity (Wildman–Crippen MR) is 76.4 cm³/mol. The second-order valence-corrected chi connectivity index (χ2v) is 5.47. The van der Waals surface area contributed by atoms with Crippen LogP contribution in [0.25, 0.3) is 0 Å². The van der Waals surface area contributed by atoms with Gasteiger partial charge in [-0.1, -0.05) is 6.07 Å². The number of benzene rings is 1. The van der Waals surface area contributed by atoms with E-state index in [0.717, 1.165) is 11.8 Å². The van der Waals surface area contributed by atoms with Crippen LogP contribution in [0.15, 0.2) is 23.0 Å². The van der Waals surface area contributed by atoms with Crippen LogP contribution in [0.1, 0.15) is 16.8 Å². The van der Waals surface area contributed by atoms with Crippen molar-refractivity contribution in [3.8, 4) is 0 Å². The van der Waals surface area contributed by atoms with Crippen LogP contribution in [0.4, 0.5) is 8.78 Å². The second-order valence-electron chi connectivity index (χ2n) is 5.06. The zero-order valence-corrected chi connectivity index (χ0v) is 11.9. The Balaban J connectivity index is 1.83. The summed E-state index contributed by atoms with van der Waals surface area (Å²) in [6, 6.07) is 3.57. The first-order valence-corrected chi connectivity index (χ1v) is 6.94. The fourth-order valence-electron chi connectivity index (χ4n) is 2.56. The highest BCUT2D eigenvalue weighted by molar-refractivity contribution is 7.71. The normalized spacial score (nSPS) is 15.0. The molecule has 21 heavy (non-hydrogen) atoms. The molecule has 0 atom stereocenters. The van der Waals surface area contributed by atoms with Crippen LogP contribution in [-0.4, -0.2) is 21.4 Å². The minimum absolute atomic E-state index is 0.165. The summed E-state index contributed by atoms with van der Waals surface area (Å²) in [6.07, 6.45) is 0.569. The maximum absolute atomic E-state index is 13.7. The number of fused-ring (bicyclic) bond motifs is 1. The highest BCUT2D eigenvalue weighted by Gasteiger charge is 2.20. The molecule has 0 fully saturated rings.